The van der Waals surface area contributed by atoms with Crippen LogP contribution in [0, 0.1) is 0 Å². The number of carbonyl (C=O) groups excluding carboxylic acids is 1. The molecule has 0 aromatic carbocycles. The number of thiophene rings is 1. The van der Waals surface area contributed by atoms with E-state index in [0.29, 0.717) is 6.07 Å². The zero-order valence-corrected chi connectivity index (χ0v) is 13.2. The first-order valence-electron chi connectivity index (χ1n) is 6.42. The first-order valence-corrected chi connectivity index (χ1v) is 7.24. The fraction of sp³-hybridized carbons (Fsp3) is 0.385. The van der Waals surface area contributed by atoms with Crippen molar-refractivity contribution in [1.29, 1.82) is 0 Å². The standard InChI is InChI=1S/C13H11F6N3OS/c1-21(2)11(23)9-4-3-8(24-9)7-5-10(13(17,18)19)22(20-7)6-12(14,15)16/h3-5H,6H2,1-2H3. The van der Waals surface area contributed by atoms with E-state index in [-0.39, 0.29) is 26.0 Å². The Morgan fingerprint density at radius 2 is 1.83 bits per heavy atom. The summed E-state index contributed by atoms with van der Waals surface area (Å²) >= 11 is 0.857. The Balaban J connectivity index is 2.43. The molecule has 0 aliphatic heterocycles. The molecular formula is C13H11F6N3OS. The lowest BCUT2D eigenvalue weighted by Gasteiger charge is -2.11. The van der Waals surface area contributed by atoms with E-state index in [2.05, 4.69) is 5.10 Å². The van der Waals surface area contributed by atoms with Gasteiger partial charge >= 0.3 is 12.4 Å². The minimum Gasteiger partial charge on any atom is -0.344 e. The van der Waals surface area contributed by atoms with Crippen LogP contribution in [0.1, 0.15) is 15.4 Å². The quantitative estimate of drug-likeness (QED) is 0.768. The van der Waals surface area contributed by atoms with Crippen LogP contribution in [-0.2, 0) is 12.7 Å². The molecule has 11 heteroatoms. The summed E-state index contributed by atoms with van der Waals surface area (Å²) in [5.74, 6) is -0.364. The summed E-state index contributed by atoms with van der Waals surface area (Å²) in [6.45, 7) is -1.85. The number of halogens is 6. The van der Waals surface area contributed by atoms with Crippen molar-refractivity contribution < 1.29 is 31.1 Å². The van der Waals surface area contributed by atoms with Gasteiger partial charge in [-0.25, -0.2) is 0 Å². The van der Waals surface area contributed by atoms with Crippen molar-refractivity contribution in [1.82, 2.24) is 14.7 Å². The van der Waals surface area contributed by atoms with Gasteiger partial charge in [0.25, 0.3) is 5.91 Å². The minimum atomic E-state index is -4.98. The van der Waals surface area contributed by atoms with Gasteiger partial charge in [-0.3, -0.25) is 9.48 Å². The van der Waals surface area contributed by atoms with Gasteiger partial charge in [0, 0.05) is 14.1 Å². The number of hydrogen-bond acceptors (Lipinski definition) is 3. The molecule has 0 unspecified atom stereocenters. The number of hydrogen-bond donors (Lipinski definition) is 0. The maximum Gasteiger partial charge on any atom is 0.433 e. The summed E-state index contributed by atoms with van der Waals surface area (Å²) in [6, 6.07) is 3.28. The molecule has 2 aromatic heterocycles. The van der Waals surface area contributed by atoms with Crippen LogP contribution in [0.5, 0.6) is 0 Å². The molecule has 132 valence electrons. The van der Waals surface area contributed by atoms with E-state index in [1.54, 1.807) is 0 Å². The average molecular weight is 371 g/mol. The first kappa shape index (κ1) is 18.3. The van der Waals surface area contributed by atoms with E-state index < -0.39 is 24.6 Å². The normalized spacial score (nSPS) is 12.5. The third-order valence-electron chi connectivity index (χ3n) is 2.87. The Morgan fingerprint density at radius 3 is 2.33 bits per heavy atom. The molecule has 2 heterocycles. The summed E-state index contributed by atoms with van der Waals surface area (Å²) < 4.78 is 75.9. The predicted octanol–water partition coefficient (Wildman–Crippen LogP) is 3.89. The Hall–Kier alpha value is -2.04. The van der Waals surface area contributed by atoms with E-state index >= 15 is 0 Å². The van der Waals surface area contributed by atoms with Gasteiger partial charge in [0.1, 0.15) is 17.9 Å². The molecule has 0 aliphatic carbocycles. The third kappa shape index (κ3) is 4.08. The van der Waals surface area contributed by atoms with Gasteiger partial charge in [-0.1, -0.05) is 0 Å². The lowest BCUT2D eigenvalue weighted by atomic mass is 10.3. The molecule has 0 spiro atoms. The molecule has 0 fully saturated rings. The highest BCUT2D eigenvalue weighted by Gasteiger charge is 2.39. The van der Waals surface area contributed by atoms with Crippen molar-refractivity contribution >= 4 is 17.2 Å². The van der Waals surface area contributed by atoms with Crippen LogP contribution in [0.4, 0.5) is 26.3 Å². The van der Waals surface area contributed by atoms with Crippen LogP contribution >= 0.6 is 11.3 Å². The van der Waals surface area contributed by atoms with Crippen molar-refractivity contribution in [2.24, 2.45) is 0 Å². The fourth-order valence-corrected chi connectivity index (χ4v) is 2.85. The fourth-order valence-electron chi connectivity index (χ4n) is 1.87. The van der Waals surface area contributed by atoms with E-state index in [4.69, 9.17) is 0 Å². The molecule has 0 bridgehead atoms. The molecule has 0 aliphatic rings. The zero-order chi connectivity index (χ0) is 18.3. The molecular weight excluding hydrogens is 360 g/mol. The van der Waals surface area contributed by atoms with Crippen molar-refractivity contribution in [3.05, 3.63) is 28.8 Å². The van der Waals surface area contributed by atoms with Gasteiger partial charge in [-0.2, -0.15) is 31.4 Å². The lowest BCUT2D eigenvalue weighted by Crippen LogP contribution is -2.23. The Labute approximate surface area is 136 Å². The highest BCUT2D eigenvalue weighted by molar-refractivity contribution is 7.17. The predicted molar refractivity (Wildman–Crippen MR) is 74.6 cm³/mol. The molecule has 0 atom stereocenters. The summed E-state index contributed by atoms with van der Waals surface area (Å²) in [5.41, 5.74) is -1.77. The number of aromatic nitrogens is 2. The largest absolute Gasteiger partial charge is 0.433 e. The number of rotatable bonds is 3. The van der Waals surface area contributed by atoms with Crippen LogP contribution in [0.15, 0.2) is 18.2 Å². The van der Waals surface area contributed by atoms with E-state index in [9.17, 15) is 31.1 Å². The second-order valence-electron chi connectivity index (χ2n) is 5.05. The molecule has 0 radical (unpaired) electrons. The van der Waals surface area contributed by atoms with Crippen molar-refractivity contribution in [3.8, 4) is 10.6 Å². The van der Waals surface area contributed by atoms with Gasteiger partial charge in [-0.15, -0.1) is 11.3 Å². The molecule has 2 rings (SSSR count). The minimum absolute atomic E-state index is 0.123. The summed E-state index contributed by atoms with van der Waals surface area (Å²) in [7, 11) is 3.00. The van der Waals surface area contributed by atoms with Crippen molar-refractivity contribution in [3.63, 3.8) is 0 Å². The van der Waals surface area contributed by atoms with E-state index in [1.807, 2.05) is 0 Å². The van der Waals surface area contributed by atoms with Gasteiger partial charge in [0.05, 0.1) is 9.75 Å². The number of alkyl halides is 6. The molecule has 1 amide bonds. The van der Waals surface area contributed by atoms with E-state index in [1.165, 1.54) is 31.1 Å². The Bertz CT molecular complexity index is 744. The highest BCUT2D eigenvalue weighted by atomic mass is 32.1. The average Bonchev–Trinajstić information content (AvgIpc) is 3.01. The number of carbonyl (C=O) groups is 1. The maximum absolute atomic E-state index is 12.9. The second kappa shape index (κ2) is 6.11. The van der Waals surface area contributed by atoms with Crippen LogP contribution in [-0.4, -0.2) is 40.9 Å². The topological polar surface area (TPSA) is 38.1 Å². The smallest absolute Gasteiger partial charge is 0.344 e. The van der Waals surface area contributed by atoms with E-state index in [0.717, 1.165) is 11.3 Å². The molecule has 0 saturated heterocycles. The molecule has 2 aromatic rings. The van der Waals surface area contributed by atoms with Crippen LogP contribution in [0.3, 0.4) is 0 Å². The summed E-state index contributed by atoms with van der Waals surface area (Å²) in [6.07, 6.45) is -9.82. The Morgan fingerprint density at radius 1 is 1.21 bits per heavy atom. The van der Waals surface area contributed by atoms with Crippen molar-refractivity contribution in [2.45, 2.75) is 18.9 Å². The molecule has 4 nitrogen and oxygen atoms in total. The SMILES string of the molecule is CN(C)C(=O)c1ccc(-c2cc(C(F)(F)F)n(CC(F)(F)F)n2)s1. The van der Waals surface area contributed by atoms with Gasteiger partial charge < -0.3 is 4.90 Å². The second-order valence-corrected chi connectivity index (χ2v) is 6.13. The highest BCUT2D eigenvalue weighted by Crippen LogP contribution is 2.35. The zero-order valence-electron chi connectivity index (χ0n) is 12.4. The maximum atomic E-state index is 12.9. The Kier molecular flexibility index (Phi) is 4.66. The van der Waals surface area contributed by atoms with Crippen molar-refractivity contribution in [2.75, 3.05) is 14.1 Å². The van der Waals surface area contributed by atoms with Crippen LogP contribution in [0.2, 0.25) is 0 Å². The third-order valence-corrected chi connectivity index (χ3v) is 3.97. The summed E-state index contributed by atoms with van der Waals surface area (Å²) in [5, 5.41) is 3.41. The molecule has 24 heavy (non-hydrogen) atoms. The molecule has 0 saturated carbocycles. The molecule has 0 N–H and O–H groups in total. The van der Waals surface area contributed by atoms with Gasteiger partial charge in [0.15, 0.2) is 0 Å². The summed E-state index contributed by atoms with van der Waals surface area (Å²) in [4.78, 5) is 13.5. The van der Waals surface area contributed by atoms with Gasteiger partial charge in [0.2, 0.25) is 0 Å². The lowest BCUT2D eigenvalue weighted by molar-refractivity contribution is -0.160. The first-order chi connectivity index (χ1) is 10.9. The van der Waals surface area contributed by atoms with Crippen LogP contribution in [0.25, 0.3) is 10.6 Å². The van der Waals surface area contributed by atoms with Gasteiger partial charge in [-0.05, 0) is 18.2 Å². The van der Waals surface area contributed by atoms with Crippen LogP contribution < -0.4 is 0 Å². The number of amides is 1. The number of nitrogens with zero attached hydrogens (tertiary/aromatic N) is 3. The monoisotopic (exact) mass is 371 g/mol.